The van der Waals surface area contributed by atoms with E-state index < -0.39 is 0 Å². The summed E-state index contributed by atoms with van der Waals surface area (Å²) >= 11 is 0. The molecule has 1 heterocycles. The van der Waals surface area contributed by atoms with Crippen LogP contribution in [0.3, 0.4) is 0 Å². The minimum atomic E-state index is 0. The van der Waals surface area contributed by atoms with Crippen LogP contribution in [0.1, 0.15) is 45.4 Å². The lowest BCUT2D eigenvalue weighted by molar-refractivity contribution is -0.132. The second kappa shape index (κ2) is 12.1. The molecule has 3 aliphatic rings. The molecule has 158 valence electrons. The van der Waals surface area contributed by atoms with E-state index in [-0.39, 0.29) is 36.6 Å². The average Bonchev–Trinajstić information content (AvgIpc) is 3.39. The van der Waals surface area contributed by atoms with E-state index in [4.69, 9.17) is 0 Å². The Balaban J connectivity index is 0.00000182. The van der Waals surface area contributed by atoms with Gasteiger partial charge in [-0.2, -0.15) is 0 Å². The first kappa shape index (κ1) is 24.5. The first-order chi connectivity index (χ1) is 12.1. The standard InChI is InChI=1S/C19H34N4O2.2ClH/c1-15-3-2-4-17(11-15)21-18(24)14-22-7-9-23(10-8-22)19(25)13-20-12-16-5-6-16;;/h15-17,20H,2-14H2,1H3,(H,21,24);2*1H. The summed E-state index contributed by atoms with van der Waals surface area (Å²) in [5, 5.41) is 6.47. The van der Waals surface area contributed by atoms with Gasteiger partial charge in [0.25, 0.3) is 0 Å². The van der Waals surface area contributed by atoms with E-state index in [2.05, 4.69) is 22.5 Å². The fourth-order valence-electron chi connectivity index (χ4n) is 4.01. The molecule has 0 spiro atoms. The highest BCUT2D eigenvalue weighted by Crippen LogP contribution is 2.27. The predicted octanol–water partition coefficient (Wildman–Crippen LogP) is 1.67. The molecular weight excluding hydrogens is 387 g/mol. The molecule has 0 aromatic rings. The summed E-state index contributed by atoms with van der Waals surface area (Å²) in [5.41, 5.74) is 0. The molecule has 2 amide bonds. The van der Waals surface area contributed by atoms with Gasteiger partial charge in [-0.15, -0.1) is 24.8 Å². The maximum atomic E-state index is 12.3. The van der Waals surface area contributed by atoms with E-state index in [1.165, 1.54) is 25.7 Å². The summed E-state index contributed by atoms with van der Waals surface area (Å²) in [4.78, 5) is 28.6. The van der Waals surface area contributed by atoms with Crippen LogP contribution in [0.25, 0.3) is 0 Å². The smallest absolute Gasteiger partial charge is 0.236 e. The zero-order valence-corrected chi connectivity index (χ0v) is 18.1. The van der Waals surface area contributed by atoms with Crippen LogP contribution in [0.15, 0.2) is 0 Å². The van der Waals surface area contributed by atoms with E-state index in [1.807, 2.05) is 4.90 Å². The molecular formula is C19H36Cl2N4O2. The number of piperazine rings is 1. The van der Waals surface area contributed by atoms with Gasteiger partial charge in [0.15, 0.2) is 0 Å². The molecule has 2 aliphatic carbocycles. The Labute approximate surface area is 176 Å². The fraction of sp³-hybridized carbons (Fsp3) is 0.895. The van der Waals surface area contributed by atoms with Crippen molar-refractivity contribution < 1.29 is 9.59 Å². The number of halogens is 2. The largest absolute Gasteiger partial charge is 0.352 e. The van der Waals surface area contributed by atoms with Gasteiger partial charge in [-0.05, 0) is 44.1 Å². The van der Waals surface area contributed by atoms with Crippen molar-refractivity contribution in [3.8, 4) is 0 Å². The van der Waals surface area contributed by atoms with Gasteiger partial charge in [0, 0.05) is 32.2 Å². The Bertz CT molecular complexity index is 469. The second-order valence-corrected chi connectivity index (χ2v) is 8.27. The van der Waals surface area contributed by atoms with Gasteiger partial charge < -0.3 is 15.5 Å². The number of carbonyl (C=O) groups excluding carboxylic acids is 2. The van der Waals surface area contributed by atoms with Crippen molar-refractivity contribution in [2.24, 2.45) is 11.8 Å². The monoisotopic (exact) mass is 422 g/mol. The molecule has 8 heteroatoms. The number of nitrogens with one attached hydrogen (secondary N) is 2. The molecule has 6 nitrogen and oxygen atoms in total. The zero-order chi connectivity index (χ0) is 17.6. The van der Waals surface area contributed by atoms with E-state index >= 15 is 0 Å². The third-order valence-corrected chi connectivity index (χ3v) is 5.80. The van der Waals surface area contributed by atoms with E-state index in [1.54, 1.807) is 0 Å². The molecule has 2 N–H and O–H groups in total. The van der Waals surface area contributed by atoms with E-state index in [0.29, 0.717) is 19.1 Å². The molecule has 0 bridgehead atoms. The maximum absolute atomic E-state index is 12.3. The van der Waals surface area contributed by atoms with Crippen LogP contribution in [0.4, 0.5) is 0 Å². The molecule has 27 heavy (non-hydrogen) atoms. The van der Waals surface area contributed by atoms with Crippen LogP contribution in [0.2, 0.25) is 0 Å². The topological polar surface area (TPSA) is 64.7 Å². The zero-order valence-electron chi connectivity index (χ0n) is 16.5. The van der Waals surface area contributed by atoms with Crippen LogP contribution in [-0.2, 0) is 9.59 Å². The SMILES string of the molecule is CC1CCCC(NC(=O)CN2CCN(C(=O)CNCC3CC3)CC2)C1.Cl.Cl. The number of hydrogen-bond acceptors (Lipinski definition) is 4. The molecule has 3 rings (SSSR count). The molecule has 1 aliphatic heterocycles. The number of nitrogens with zero attached hydrogens (tertiary/aromatic N) is 2. The number of hydrogen-bond donors (Lipinski definition) is 2. The van der Waals surface area contributed by atoms with Crippen molar-refractivity contribution in [1.82, 2.24) is 20.4 Å². The molecule has 0 aromatic heterocycles. The highest BCUT2D eigenvalue weighted by atomic mass is 35.5. The van der Waals surface area contributed by atoms with E-state index in [0.717, 1.165) is 57.4 Å². The van der Waals surface area contributed by atoms with Crippen LogP contribution >= 0.6 is 24.8 Å². The van der Waals surface area contributed by atoms with Gasteiger partial charge >= 0.3 is 0 Å². The minimum Gasteiger partial charge on any atom is -0.352 e. The van der Waals surface area contributed by atoms with Crippen LogP contribution in [0, 0.1) is 11.8 Å². The van der Waals surface area contributed by atoms with Gasteiger partial charge in [-0.3, -0.25) is 14.5 Å². The van der Waals surface area contributed by atoms with Crippen molar-refractivity contribution in [3.63, 3.8) is 0 Å². The third kappa shape index (κ3) is 8.55. The Kier molecular flexibility index (Phi) is 11.0. The quantitative estimate of drug-likeness (QED) is 0.654. The van der Waals surface area contributed by atoms with Gasteiger partial charge in [0.05, 0.1) is 13.1 Å². The fourth-order valence-corrected chi connectivity index (χ4v) is 4.01. The predicted molar refractivity (Wildman–Crippen MR) is 113 cm³/mol. The van der Waals surface area contributed by atoms with Crippen molar-refractivity contribution >= 4 is 36.6 Å². The molecule has 2 atom stereocenters. The van der Waals surface area contributed by atoms with Crippen LogP contribution < -0.4 is 10.6 Å². The maximum Gasteiger partial charge on any atom is 0.236 e. The van der Waals surface area contributed by atoms with E-state index in [9.17, 15) is 9.59 Å². The summed E-state index contributed by atoms with van der Waals surface area (Å²) in [6.45, 7) is 7.23. The van der Waals surface area contributed by atoms with Crippen LogP contribution in [-0.4, -0.2) is 73.5 Å². The number of carbonyl (C=O) groups is 2. The van der Waals surface area contributed by atoms with Crippen molar-refractivity contribution in [3.05, 3.63) is 0 Å². The Morgan fingerprint density at radius 3 is 2.33 bits per heavy atom. The Morgan fingerprint density at radius 2 is 1.70 bits per heavy atom. The average molecular weight is 423 g/mol. The minimum absolute atomic E-state index is 0. The number of amides is 2. The molecule has 0 radical (unpaired) electrons. The molecule has 0 aromatic carbocycles. The molecule has 2 unspecified atom stereocenters. The Hall–Kier alpha value is -0.560. The molecule has 3 fully saturated rings. The first-order valence-corrected chi connectivity index (χ1v) is 10.1. The van der Waals surface area contributed by atoms with Crippen molar-refractivity contribution in [1.29, 1.82) is 0 Å². The molecule has 2 saturated carbocycles. The highest BCUT2D eigenvalue weighted by molar-refractivity contribution is 5.85. The lowest BCUT2D eigenvalue weighted by Crippen LogP contribution is -2.53. The summed E-state index contributed by atoms with van der Waals surface area (Å²) in [7, 11) is 0. The summed E-state index contributed by atoms with van der Waals surface area (Å²) in [5.74, 6) is 1.86. The van der Waals surface area contributed by atoms with Gasteiger partial charge in [0.1, 0.15) is 0 Å². The lowest BCUT2D eigenvalue weighted by atomic mass is 9.87. The first-order valence-electron chi connectivity index (χ1n) is 10.1. The van der Waals surface area contributed by atoms with Gasteiger partial charge in [-0.1, -0.05) is 19.8 Å². The third-order valence-electron chi connectivity index (χ3n) is 5.80. The van der Waals surface area contributed by atoms with Crippen molar-refractivity contribution in [2.75, 3.05) is 45.8 Å². The van der Waals surface area contributed by atoms with Gasteiger partial charge in [-0.25, -0.2) is 0 Å². The molecule has 1 saturated heterocycles. The second-order valence-electron chi connectivity index (χ2n) is 8.27. The van der Waals surface area contributed by atoms with Gasteiger partial charge in [0.2, 0.25) is 11.8 Å². The highest BCUT2D eigenvalue weighted by Gasteiger charge is 2.25. The summed E-state index contributed by atoms with van der Waals surface area (Å²) in [6, 6.07) is 0.358. The summed E-state index contributed by atoms with van der Waals surface area (Å²) in [6.07, 6.45) is 7.36. The number of rotatable bonds is 7. The normalized spacial score (nSPS) is 25.9. The lowest BCUT2D eigenvalue weighted by Gasteiger charge is -2.35. The van der Waals surface area contributed by atoms with Crippen molar-refractivity contribution in [2.45, 2.75) is 51.5 Å². The summed E-state index contributed by atoms with van der Waals surface area (Å²) < 4.78 is 0. The van der Waals surface area contributed by atoms with Crippen LogP contribution in [0.5, 0.6) is 0 Å². The Morgan fingerprint density at radius 1 is 1.00 bits per heavy atom.